The van der Waals surface area contributed by atoms with Gasteiger partial charge in [0.05, 0.1) is 0 Å². The van der Waals surface area contributed by atoms with E-state index in [9.17, 15) is 0 Å². The van der Waals surface area contributed by atoms with Gasteiger partial charge in [-0.05, 0) is 168 Å². The molecule has 0 aliphatic carbocycles. The van der Waals surface area contributed by atoms with Gasteiger partial charge in [-0.1, -0.05) is 231 Å². The third kappa shape index (κ3) is 6.56. The Balaban J connectivity index is 0.884. The number of hydrogen-bond donors (Lipinski definition) is 0. The lowest BCUT2D eigenvalue weighted by Gasteiger charge is -2.19. The Labute approximate surface area is 422 Å². The van der Waals surface area contributed by atoms with Gasteiger partial charge in [0.25, 0.3) is 0 Å². The van der Waals surface area contributed by atoms with Gasteiger partial charge < -0.3 is 4.42 Å². The van der Waals surface area contributed by atoms with Crippen molar-refractivity contribution < 1.29 is 4.42 Å². The molecule has 0 saturated heterocycles. The van der Waals surface area contributed by atoms with E-state index in [2.05, 4.69) is 261 Å². The van der Waals surface area contributed by atoms with Crippen LogP contribution >= 0.6 is 0 Å². The second kappa shape index (κ2) is 16.5. The van der Waals surface area contributed by atoms with Crippen LogP contribution in [0.1, 0.15) is 0 Å². The second-order valence-corrected chi connectivity index (χ2v) is 19.4. The topological polar surface area (TPSA) is 13.1 Å². The Morgan fingerprint density at radius 3 is 1.05 bits per heavy atom. The lowest BCUT2D eigenvalue weighted by atomic mass is 9.84. The lowest BCUT2D eigenvalue weighted by Crippen LogP contribution is -1.92. The van der Waals surface area contributed by atoms with Gasteiger partial charge >= 0.3 is 0 Å². The first-order chi connectivity index (χ1) is 36.2. The summed E-state index contributed by atoms with van der Waals surface area (Å²) >= 11 is 0. The first kappa shape index (κ1) is 41.2. The van der Waals surface area contributed by atoms with Crippen LogP contribution in [0.25, 0.3) is 153 Å². The van der Waals surface area contributed by atoms with E-state index >= 15 is 0 Å². The minimum absolute atomic E-state index is 0.901. The van der Waals surface area contributed by atoms with Crippen molar-refractivity contribution in [1.29, 1.82) is 0 Å². The van der Waals surface area contributed by atoms with Crippen LogP contribution in [-0.2, 0) is 0 Å². The Bertz CT molecular complexity index is 4620. The zero-order chi connectivity index (χ0) is 48.0. The van der Waals surface area contributed by atoms with E-state index in [4.69, 9.17) is 4.42 Å². The van der Waals surface area contributed by atoms with Crippen molar-refractivity contribution in [2.75, 3.05) is 0 Å². The number of benzene rings is 14. The number of fused-ring (bicyclic) bond motifs is 9. The fourth-order valence-corrected chi connectivity index (χ4v) is 12.2. The molecular formula is C72H44O. The van der Waals surface area contributed by atoms with E-state index < -0.39 is 0 Å². The van der Waals surface area contributed by atoms with Gasteiger partial charge in [-0.3, -0.25) is 0 Å². The van der Waals surface area contributed by atoms with Crippen molar-refractivity contribution in [1.82, 2.24) is 0 Å². The molecular weight excluding hydrogens is 881 g/mol. The zero-order valence-corrected chi connectivity index (χ0v) is 39.8. The third-order valence-corrected chi connectivity index (χ3v) is 15.4. The maximum Gasteiger partial charge on any atom is 0.136 e. The van der Waals surface area contributed by atoms with Crippen molar-refractivity contribution in [3.63, 3.8) is 0 Å². The molecule has 14 aromatic carbocycles. The van der Waals surface area contributed by atoms with E-state index in [1.54, 1.807) is 0 Å². The molecule has 15 rings (SSSR count). The van der Waals surface area contributed by atoms with Crippen LogP contribution in [0.3, 0.4) is 0 Å². The van der Waals surface area contributed by atoms with Crippen LogP contribution in [0.4, 0.5) is 0 Å². The van der Waals surface area contributed by atoms with Gasteiger partial charge in [-0.25, -0.2) is 0 Å². The number of para-hydroxylation sites is 1. The van der Waals surface area contributed by atoms with Gasteiger partial charge in [0.15, 0.2) is 0 Å². The van der Waals surface area contributed by atoms with Crippen LogP contribution in [0.5, 0.6) is 0 Å². The van der Waals surface area contributed by atoms with E-state index in [1.165, 1.54) is 126 Å². The molecule has 0 amide bonds. The standard InChI is InChI=1S/C72H44O/c1-2-18-47-41-52(38-37-45(47)17-1)71-62-30-7-3-26-58(62)69(59-27-4-8-31-63(59)71)50-23-13-21-48(42-50)54-34-15-19-46-20-16-35-55(68(46)54)49-22-14-24-51(43-49)70-60-28-5-9-32-64(60)72(65-33-10-6-29-61(65)70)53-39-40-57-56-25-11-12-36-66(56)73-67(57)44-53/h1-44H. The van der Waals surface area contributed by atoms with Crippen LogP contribution in [-0.4, -0.2) is 0 Å². The third-order valence-electron chi connectivity index (χ3n) is 15.4. The second-order valence-electron chi connectivity index (χ2n) is 19.4. The molecule has 0 bridgehead atoms. The van der Waals surface area contributed by atoms with Gasteiger partial charge in [0.1, 0.15) is 11.2 Å². The predicted molar refractivity (Wildman–Crippen MR) is 311 cm³/mol. The highest BCUT2D eigenvalue weighted by atomic mass is 16.3. The first-order valence-corrected chi connectivity index (χ1v) is 25.2. The molecule has 0 aliphatic heterocycles. The molecule has 0 radical (unpaired) electrons. The van der Waals surface area contributed by atoms with Crippen LogP contribution in [0.2, 0.25) is 0 Å². The molecule has 73 heavy (non-hydrogen) atoms. The summed E-state index contributed by atoms with van der Waals surface area (Å²) < 4.78 is 6.44. The lowest BCUT2D eigenvalue weighted by molar-refractivity contribution is 0.669. The Morgan fingerprint density at radius 1 is 0.192 bits per heavy atom. The highest BCUT2D eigenvalue weighted by Crippen LogP contribution is 2.48. The highest BCUT2D eigenvalue weighted by molar-refractivity contribution is 6.24. The summed E-state index contributed by atoms with van der Waals surface area (Å²) in [6.07, 6.45) is 0. The summed E-state index contributed by atoms with van der Waals surface area (Å²) in [5.41, 5.74) is 16.3. The molecule has 0 fully saturated rings. The molecule has 0 spiro atoms. The van der Waals surface area contributed by atoms with Crippen molar-refractivity contribution in [2.45, 2.75) is 0 Å². The molecule has 0 atom stereocenters. The van der Waals surface area contributed by atoms with Gasteiger partial charge in [0, 0.05) is 10.8 Å². The monoisotopic (exact) mass is 924 g/mol. The Hall–Kier alpha value is -9.56. The fourth-order valence-electron chi connectivity index (χ4n) is 12.2. The number of furan rings is 1. The minimum Gasteiger partial charge on any atom is -0.456 e. The van der Waals surface area contributed by atoms with Gasteiger partial charge in [0.2, 0.25) is 0 Å². The smallest absolute Gasteiger partial charge is 0.136 e. The van der Waals surface area contributed by atoms with E-state index in [0.29, 0.717) is 0 Å². The molecule has 1 heterocycles. The molecule has 0 N–H and O–H groups in total. The van der Waals surface area contributed by atoms with E-state index in [-0.39, 0.29) is 0 Å². The summed E-state index contributed by atoms with van der Waals surface area (Å²) in [7, 11) is 0. The molecule has 0 aliphatic rings. The van der Waals surface area contributed by atoms with Crippen LogP contribution in [0, 0.1) is 0 Å². The Kier molecular flexibility index (Phi) is 9.33. The maximum atomic E-state index is 6.44. The average molecular weight is 925 g/mol. The predicted octanol–water partition coefficient (Wildman–Crippen LogP) is 20.5. The molecule has 1 heteroatoms. The quantitative estimate of drug-likeness (QED) is 0.151. The molecule has 0 saturated carbocycles. The van der Waals surface area contributed by atoms with Gasteiger partial charge in [-0.15, -0.1) is 0 Å². The van der Waals surface area contributed by atoms with Crippen molar-refractivity contribution in [2.24, 2.45) is 0 Å². The molecule has 0 unspecified atom stereocenters. The largest absolute Gasteiger partial charge is 0.456 e. The number of hydrogen-bond acceptors (Lipinski definition) is 1. The molecule has 1 nitrogen and oxygen atoms in total. The van der Waals surface area contributed by atoms with Crippen molar-refractivity contribution in [3.05, 3.63) is 267 Å². The fraction of sp³-hybridized carbons (Fsp3) is 0. The summed E-state index contributed by atoms with van der Waals surface area (Å²) in [5.74, 6) is 0. The van der Waals surface area contributed by atoms with Crippen molar-refractivity contribution >= 4 is 86.6 Å². The van der Waals surface area contributed by atoms with E-state index in [0.717, 1.165) is 27.5 Å². The first-order valence-electron chi connectivity index (χ1n) is 25.2. The summed E-state index contributed by atoms with van der Waals surface area (Å²) in [6, 6.07) is 98.3. The van der Waals surface area contributed by atoms with Crippen LogP contribution < -0.4 is 0 Å². The minimum atomic E-state index is 0.901. The summed E-state index contributed by atoms with van der Waals surface area (Å²) in [5, 5.41) is 17.1. The molecule has 1 aromatic heterocycles. The van der Waals surface area contributed by atoms with E-state index in [1.807, 2.05) is 6.07 Å². The number of rotatable bonds is 6. The zero-order valence-electron chi connectivity index (χ0n) is 39.8. The summed E-state index contributed by atoms with van der Waals surface area (Å²) in [4.78, 5) is 0. The van der Waals surface area contributed by atoms with Gasteiger partial charge in [-0.2, -0.15) is 0 Å². The van der Waals surface area contributed by atoms with Crippen LogP contribution in [0.15, 0.2) is 271 Å². The normalized spacial score (nSPS) is 11.8. The molecule has 338 valence electrons. The Morgan fingerprint density at radius 2 is 0.548 bits per heavy atom. The molecule has 15 aromatic rings. The SMILES string of the molecule is c1cc(-c2c3ccccc3c(-c3ccc4ccccc4c3)c3ccccc23)cc(-c2cccc3cccc(-c4cccc(-c5c6ccccc6c(-c6ccc7c(c6)oc6ccccc67)c6ccccc56)c4)c23)c1. The highest BCUT2D eigenvalue weighted by Gasteiger charge is 2.21. The maximum absolute atomic E-state index is 6.44. The average Bonchev–Trinajstić information content (AvgIpc) is 3.84. The summed E-state index contributed by atoms with van der Waals surface area (Å²) in [6.45, 7) is 0. The van der Waals surface area contributed by atoms with Crippen molar-refractivity contribution in [3.8, 4) is 66.8 Å².